The van der Waals surface area contributed by atoms with E-state index in [4.69, 9.17) is 9.47 Å². The second-order valence-electron chi connectivity index (χ2n) is 8.09. The number of morpholine rings is 1. The van der Waals surface area contributed by atoms with Gasteiger partial charge in [-0.05, 0) is 43.2 Å². The summed E-state index contributed by atoms with van der Waals surface area (Å²) in [7, 11) is 0. The number of pyridine rings is 1. The zero-order valence-corrected chi connectivity index (χ0v) is 19.3. The summed E-state index contributed by atoms with van der Waals surface area (Å²) in [5.41, 5.74) is 2.77. The third-order valence-electron chi connectivity index (χ3n) is 5.62. The Balaban J connectivity index is 1.27. The van der Waals surface area contributed by atoms with Gasteiger partial charge in [0.2, 0.25) is 11.9 Å². The van der Waals surface area contributed by atoms with Gasteiger partial charge in [0, 0.05) is 43.5 Å². The molecule has 0 radical (unpaired) electrons. The Kier molecular flexibility index (Phi) is 7.87. The summed E-state index contributed by atoms with van der Waals surface area (Å²) in [6.45, 7) is 5.18. The van der Waals surface area contributed by atoms with Crippen molar-refractivity contribution in [1.82, 2.24) is 20.3 Å². The lowest BCUT2D eigenvalue weighted by molar-refractivity contribution is -0.121. The van der Waals surface area contributed by atoms with E-state index >= 15 is 0 Å². The van der Waals surface area contributed by atoms with Crippen molar-refractivity contribution in [3.63, 3.8) is 0 Å². The highest BCUT2D eigenvalue weighted by molar-refractivity contribution is 5.76. The van der Waals surface area contributed by atoms with Crippen molar-refractivity contribution < 1.29 is 14.3 Å². The number of ether oxygens (including phenoxy) is 2. The Bertz CT molecular complexity index is 1160. The molecule has 0 saturated carbocycles. The van der Waals surface area contributed by atoms with Crippen LogP contribution in [-0.4, -0.2) is 47.2 Å². The normalized spacial score (nSPS) is 13.5. The Morgan fingerprint density at radius 3 is 2.82 bits per heavy atom. The number of hydrogen-bond donors (Lipinski definition) is 2. The fraction of sp³-hybridized carbons (Fsp3) is 0.360. The topological polar surface area (TPSA) is 109 Å². The summed E-state index contributed by atoms with van der Waals surface area (Å²) in [6, 6.07) is 13.3. The van der Waals surface area contributed by atoms with Crippen molar-refractivity contribution >= 4 is 11.9 Å². The Morgan fingerprint density at radius 2 is 2.06 bits per heavy atom. The molecule has 1 fully saturated rings. The van der Waals surface area contributed by atoms with Crippen molar-refractivity contribution in [3.05, 3.63) is 81.5 Å². The molecule has 1 amide bonds. The molecule has 1 saturated heterocycles. The van der Waals surface area contributed by atoms with E-state index in [2.05, 4.69) is 20.3 Å². The SMILES string of the molecule is Cc1nc(N2CCOCC2)[nH]c(=O)c1CCC(=O)NCc1cccc(OCc2ccccn2)c1. The Labute approximate surface area is 198 Å². The van der Waals surface area contributed by atoms with Gasteiger partial charge in [-0.3, -0.25) is 19.6 Å². The molecule has 2 N–H and O–H groups in total. The lowest BCUT2D eigenvalue weighted by Gasteiger charge is -2.27. The first-order valence-corrected chi connectivity index (χ1v) is 11.4. The highest BCUT2D eigenvalue weighted by atomic mass is 16.5. The number of rotatable bonds is 9. The van der Waals surface area contributed by atoms with Crippen LogP contribution in [0.4, 0.5) is 5.95 Å². The van der Waals surface area contributed by atoms with Gasteiger partial charge in [-0.15, -0.1) is 0 Å². The van der Waals surface area contributed by atoms with Gasteiger partial charge >= 0.3 is 0 Å². The summed E-state index contributed by atoms with van der Waals surface area (Å²) in [6.07, 6.45) is 2.27. The third kappa shape index (κ3) is 6.41. The van der Waals surface area contributed by atoms with E-state index in [9.17, 15) is 9.59 Å². The van der Waals surface area contributed by atoms with E-state index < -0.39 is 0 Å². The first-order chi connectivity index (χ1) is 16.6. The molecule has 34 heavy (non-hydrogen) atoms. The molecular weight excluding hydrogens is 434 g/mol. The number of carbonyl (C=O) groups excluding carboxylic acids is 1. The van der Waals surface area contributed by atoms with Gasteiger partial charge in [0.25, 0.3) is 5.56 Å². The Morgan fingerprint density at radius 1 is 1.21 bits per heavy atom. The predicted octanol–water partition coefficient (Wildman–Crippen LogP) is 2.14. The van der Waals surface area contributed by atoms with Crippen molar-refractivity contribution in [2.75, 3.05) is 31.2 Å². The number of aromatic nitrogens is 3. The van der Waals surface area contributed by atoms with E-state index in [1.54, 1.807) is 6.20 Å². The summed E-state index contributed by atoms with van der Waals surface area (Å²) in [5, 5.41) is 2.91. The van der Waals surface area contributed by atoms with Crippen LogP contribution in [0.5, 0.6) is 5.75 Å². The van der Waals surface area contributed by atoms with E-state index in [-0.39, 0.29) is 17.9 Å². The molecule has 1 aliphatic rings. The highest BCUT2D eigenvalue weighted by Crippen LogP contribution is 2.15. The molecule has 1 aromatic carbocycles. The summed E-state index contributed by atoms with van der Waals surface area (Å²) < 4.78 is 11.1. The van der Waals surface area contributed by atoms with Crippen LogP contribution < -0.4 is 20.5 Å². The number of aryl methyl sites for hydroxylation is 1. The molecule has 3 heterocycles. The minimum Gasteiger partial charge on any atom is -0.487 e. The van der Waals surface area contributed by atoms with Gasteiger partial charge in [0.15, 0.2) is 0 Å². The summed E-state index contributed by atoms with van der Waals surface area (Å²) in [5.74, 6) is 1.14. The molecule has 1 aliphatic heterocycles. The number of aromatic amines is 1. The van der Waals surface area contributed by atoms with E-state index in [0.29, 0.717) is 68.8 Å². The van der Waals surface area contributed by atoms with Crippen LogP contribution in [0.3, 0.4) is 0 Å². The van der Waals surface area contributed by atoms with Crippen molar-refractivity contribution in [2.24, 2.45) is 0 Å². The molecule has 178 valence electrons. The van der Waals surface area contributed by atoms with Crippen LogP contribution in [0.2, 0.25) is 0 Å². The summed E-state index contributed by atoms with van der Waals surface area (Å²) in [4.78, 5) is 38.7. The highest BCUT2D eigenvalue weighted by Gasteiger charge is 2.16. The van der Waals surface area contributed by atoms with Crippen LogP contribution in [0.1, 0.15) is 28.9 Å². The number of carbonyl (C=O) groups is 1. The number of H-pyrrole nitrogens is 1. The van der Waals surface area contributed by atoms with Crippen LogP contribution >= 0.6 is 0 Å². The number of benzene rings is 1. The first-order valence-electron chi connectivity index (χ1n) is 11.4. The first kappa shape index (κ1) is 23.4. The minimum absolute atomic E-state index is 0.129. The molecule has 0 aliphatic carbocycles. The van der Waals surface area contributed by atoms with Crippen molar-refractivity contribution in [3.8, 4) is 5.75 Å². The lowest BCUT2D eigenvalue weighted by Crippen LogP contribution is -2.38. The van der Waals surface area contributed by atoms with Crippen molar-refractivity contribution in [1.29, 1.82) is 0 Å². The fourth-order valence-electron chi connectivity index (χ4n) is 3.73. The van der Waals surface area contributed by atoms with Crippen LogP contribution in [0.25, 0.3) is 0 Å². The quantitative estimate of drug-likeness (QED) is 0.500. The smallest absolute Gasteiger partial charge is 0.255 e. The molecule has 4 rings (SSSR count). The molecular formula is C25H29N5O4. The molecule has 0 unspecified atom stereocenters. The van der Waals surface area contributed by atoms with Crippen LogP contribution in [0.15, 0.2) is 53.5 Å². The fourth-order valence-corrected chi connectivity index (χ4v) is 3.73. The molecule has 9 heteroatoms. The zero-order valence-electron chi connectivity index (χ0n) is 19.3. The van der Waals surface area contributed by atoms with Crippen LogP contribution in [-0.2, 0) is 29.1 Å². The van der Waals surface area contributed by atoms with E-state index in [1.165, 1.54) is 0 Å². The molecule has 0 spiro atoms. The summed E-state index contributed by atoms with van der Waals surface area (Å²) >= 11 is 0. The molecule has 3 aromatic rings. The molecule has 0 atom stereocenters. The minimum atomic E-state index is -0.195. The average Bonchev–Trinajstić information content (AvgIpc) is 2.87. The van der Waals surface area contributed by atoms with E-state index in [1.807, 2.05) is 54.3 Å². The Hall–Kier alpha value is -3.72. The van der Waals surface area contributed by atoms with Gasteiger partial charge in [-0.1, -0.05) is 18.2 Å². The monoisotopic (exact) mass is 463 g/mol. The van der Waals surface area contributed by atoms with Gasteiger partial charge in [-0.2, -0.15) is 0 Å². The van der Waals surface area contributed by atoms with Gasteiger partial charge < -0.3 is 19.7 Å². The van der Waals surface area contributed by atoms with Gasteiger partial charge in [-0.25, -0.2) is 4.98 Å². The molecule has 0 bridgehead atoms. The number of amides is 1. The number of hydrogen-bond acceptors (Lipinski definition) is 7. The van der Waals surface area contributed by atoms with Crippen molar-refractivity contribution in [2.45, 2.75) is 32.9 Å². The third-order valence-corrected chi connectivity index (χ3v) is 5.62. The average molecular weight is 464 g/mol. The maximum absolute atomic E-state index is 12.6. The second-order valence-corrected chi connectivity index (χ2v) is 8.09. The number of nitrogens with one attached hydrogen (secondary N) is 2. The van der Waals surface area contributed by atoms with Gasteiger partial charge in [0.05, 0.1) is 18.9 Å². The lowest BCUT2D eigenvalue weighted by atomic mass is 10.1. The van der Waals surface area contributed by atoms with Gasteiger partial charge in [0.1, 0.15) is 12.4 Å². The number of nitrogens with zero attached hydrogens (tertiary/aromatic N) is 3. The molecule has 2 aromatic heterocycles. The maximum atomic E-state index is 12.6. The maximum Gasteiger partial charge on any atom is 0.255 e. The second kappa shape index (κ2) is 11.4. The van der Waals surface area contributed by atoms with Crippen LogP contribution in [0, 0.1) is 6.92 Å². The molecule has 9 nitrogen and oxygen atoms in total. The predicted molar refractivity (Wildman–Crippen MR) is 128 cm³/mol. The standard InChI is InChI=1S/C25H29N5O4/c1-18-22(24(32)29-25(28-18)30-11-13-33-14-12-30)8-9-23(31)27-16-19-5-4-7-21(15-19)34-17-20-6-2-3-10-26-20/h2-7,10,15H,8-9,11-14,16-17H2,1H3,(H,27,31)(H,28,29,32). The number of anilines is 1. The zero-order chi connectivity index (χ0) is 23.8. The van der Waals surface area contributed by atoms with E-state index in [0.717, 1.165) is 11.3 Å². The largest absolute Gasteiger partial charge is 0.487 e.